The van der Waals surface area contributed by atoms with Crippen LogP contribution in [-0.2, 0) is 9.57 Å². The third-order valence-corrected chi connectivity index (χ3v) is 1.86. The Hall–Kier alpha value is -0.990. The third-order valence-electron chi connectivity index (χ3n) is 1.86. The Morgan fingerprint density at radius 1 is 0.833 bits per heavy atom. The van der Waals surface area contributed by atoms with Crippen molar-refractivity contribution in [3.63, 3.8) is 0 Å². The van der Waals surface area contributed by atoms with E-state index < -0.39 is 0 Å². The second kappa shape index (κ2) is 6.70. The molecular formula is C9H15NO2. The first-order valence-corrected chi connectivity index (χ1v) is 4.48. The maximum absolute atomic E-state index is 4.47. The van der Waals surface area contributed by atoms with Crippen LogP contribution < -0.4 is 0 Å². The molecule has 0 amide bonds. The molecule has 2 aliphatic rings. The molecule has 0 atom stereocenters. The molecule has 0 aromatic heterocycles. The van der Waals surface area contributed by atoms with Gasteiger partial charge in [0.25, 0.3) is 0 Å². The van der Waals surface area contributed by atoms with Gasteiger partial charge in [0.05, 0.1) is 0 Å². The zero-order valence-electron chi connectivity index (χ0n) is 7.24. The van der Waals surface area contributed by atoms with Gasteiger partial charge in [0.2, 0.25) is 6.40 Å². The van der Waals surface area contributed by atoms with Gasteiger partial charge >= 0.3 is 0 Å². The third kappa shape index (κ3) is 4.77. The minimum Gasteiger partial charge on any atom is -0.447 e. The van der Waals surface area contributed by atoms with Crippen LogP contribution in [0.3, 0.4) is 0 Å². The van der Waals surface area contributed by atoms with Crippen LogP contribution in [0, 0.1) is 0 Å². The van der Waals surface area contributed by atoms with Gasteiger partial charge < -0.3 is 9.57 Å². The monoisotopic (exact) mass is 169 g/mol. The Bertz CT molecular complexity index is 119. The lowest BCUT2D eigenvalue weighted by atomic mass is 10.0. The molecule has 0 saturated heterocycles. The van der Waals surface area contributed by atoms with Gasteiger partial charge in [-0.2, -0.15) is 0 Å². The summed E-state index contributed by atoms with van der Waals surface area (Å²) in [6.07, 6.45) is 13.0. The van der Waals surface area contributed by atoms with Crippen molar-refractivity contribution in [2.75, 3.05) is 0 Å². The maximum Gasteiger partial charge on any atom is 0.218 e. The highest BCUT2D eigenvalue weighted by molar-refractivity contribution is 5.46. The summed E-state index contributed by atoms with van der Waals surface area (Å²) < 4.78 is 4.47. The second-order valence-electron chi connectivity index (χ2n) is 2.85. The Morgan fingerprint density at radius 3 is 1.58 bits per heavy atom. The topological polar surface area (TPSA) is 30.8 Å². The van der Waals surface area contributed by atoms with Crippen LogP contribution in [0.5, 0.6) is 0 Å². The largest absolute Gasteiger partial charge is 0.447 e. The molecule has 0 aromatic carbocycles. The Labute approximate surface area is 73.0 Å². The van der Waals surface area contributed by atoms with Gasteiger partial charge in [0.15, 0.2) is 6.26 Å². The van der Waals surface area contributed by atoms with Gasteiger partial charge in [-0.1, -0.05) is 38.5 Å². The van der Waals surface area contributed by atoms with E-state index in [0.717, 1.165) is 0 Å². The van der Waals surface area contributed by atoms with Crippen LogP contribution in [-0.4, -0.2) is 6.40 Å². The van der Waals surface area contributed by atoms with Crippen molar-refractivity contribution in [3.8, 4) is 0 Å². The molecule has 1 aliphatic carbocycles. The van der Waals surface area contributed by atoms with Crippen molar-refractivity contribution < 1.29 is 9.57 Å². The maximum atomic E-state index is 4.47. The van der Waals surface area contributed by atoms with Gasteiger partial charge in [0, 0.05) is 0 Å². The highest BCUT2D eigenvalue weighted by Crippen LogP contribution is 2.15. The number of oxime groups is 1. The summed E-state index contributed by atoms with van der Waals surface area (Å²) in [5.41, 5.74) is 0. The van der Waals surface area contributed by atoms with Crippen molar-refractivity contribution in [3.05, 3.63) is 12.5 Å². The summed E-state index contributed by atoms with van der Waals surface area (Å²) in [4.78, 5) is 4.33. The summed E-state index contributed by atoms with van der Waals surface area (Å²) in [6.45, 7) is 0. The van der Waals surface area contributed by atoms with E-state index in [0.29, 0.717) is 0 Å². The molecule has 0 N–H and O–H groups in total. The minimum atomic E-state index is 1.21. The van der Waals surface area contributed by atoms with E-state index in [-0.39, 0.29) is 0 Å². The van der Waals surface area contributed by atoms with Crippen LogP contribution in [0.25, 0.3) is 0 Å². The molecule has 1 aliphatic heterocycles. The highest BCUT2D eigenvalue weighted by atomic mass is 16.7. The number of hydrogen-bond acceptors (Lipinski definition) is 3. The van der Waals surface area contributed by atoms with Crippen LogP contribution in [0.4, 0.5) is 0 Å². The van der Waals surface area contributed by atoms with Gasteiger partial charge in [-0.05, 0) is 5.16 Å². The predicted molar refractivity (Wildman–Crippen MR) is 47.5 cm³/mol. The lowest BCUT2D eigenvalue weighted by Crippen LogP contribution is -1.85. The van der Waals surface area contributed by atoms with Crippen LogP contribution >= 0.6 is 0 Å². The van der Waals surface area contributed by atoms with E-state index in [1.165, 1.54) is 57.4 Å². The van der Waals surface area contributed by atoms with Gasteiger partial charge in [-0.25, -0.2) is 0 Å². The van der Waals surface area contributed by atoms with Crippen molar-refractivity contribution in [2.45, 2.75) is 38.5 Å². The first-order chi connectivity index (χ1) is 6.00. The van der Waals surface area contributed by atoms with Gasteiger partial charge in [-0.3, -0.25) is 0 Å². The first-order valence-electron chi connectivity index (χ1n) is 4.48. The zero-order valence-corrected chi connectivity index (χ0v) is 7.24. The molecule has 12 heavy (non-hydrogen) atoms. The number of hydrogen-bond donors (Lipinski definition) is 0. The van der Waals surface area contributed by atoms with E-state index in [2.05, 4.69) is 14.7 Å². The van der Waals surface area contributed by atoms with E-state index in [9.17, 15) is 0 Å². The quantitative estimate of drug-likeness (QED) is 0.558. The summed E-state index contributed by atoms with van der Waals surface area (Å²) in [6, 6.07) is 0. The Kier molecular flexibility index (Phi) is 5.08. The summed E-state index contributed by atoms with van der Waals surface area (Å²) in [5, 5.41) is 3.24. The average molecular weight is 169 g/mol. The van der Waals surface area contributed by atoms with Crippen LogP contribution in [0.15, 0.2) is 17.7 Å². The lowest BCUT2D eigenvalue weighted by molar-refractivity contribution is 0.228. The molecule has 0 bridgehead atoms. The minimum absolute atomic E-state index is 1.21. The summed E-state index contributed by atoms with van der Waals surface area (Å²) in [7, 11) is 0. The summed E-state index contributed by atoms with van der Waals surface area (Å²) in [5.74, 6) is 0. The average Bonchev–Trinajstić information content (AvgIpc) is 2.24. The van der Waals surface area contributed by atoms with Crippen molar-refractivity contribution in [1.82, 2.24) is 0 Å². The molecule has 3 nitrogen and oxygen atoms in total. The zero-order chi connectivity index (χ0) is 8.49. The fourth-order valence-electron chi connectivity index (χ4n) is 1.24. The molecule has 3 heteroatoms. The fraction of sp³-hybridized carbons (Fsp3) is 0.667. The molecule has 1 fully saturated rings. The highest BCUT2D eigenvalue weighted by Gasteiger charge is 1.95. The standard InChI is InChI=1S/C6H12.C3H3NO2/c1-2-4-6-5-3-1;1-2-6-4-3-5-1/h1-6H2;1-3H. The van der Waals surface area contributed by atoms with Gasteiger partial charge in [-0.15, -0.1) is 0 Å². The van der Waals surface area contributed by atoms with Crippen molar-refractivity contribution in [1.29, 1.82) is 0 Å². The molecule has 1 heterocycles. The van der Waals surface area contributed by atoms with Crippen molar-refractivity contribution >= 4 is 6.40 Å². The lowest BCUT2D eigenvalue weighted by Gasteiger charge is -2.05. The molecule has 0 aromatic rings. The fourth-order valence-corrected chi connectivity index (χ4v) is 1.24. The number of ether oxygens (including phenoxy) is 1. The van der Waals surface area contributed by atoms with Crippen LogP contribution in [0.2, 0.25) is 0 Å². The SMILES string of the molecule is C1=CON=CO1.C1CCCCC1. The number of nitrogens with zero attached hydrogens (tertiary/aromatic N) is 1. The smallest absolute Gasteiger partial charge is 0.218 e. The van der Waals surface area contributed by atoms with Crippen LogP contribution in [0.1, 0.15) is 38.5 Å². The molecular weight excluding hydrogens is 154 g/mol. The summed E-state index contributed by atoms with van der Waals surface area (Å²) >= 11 is 0. The molecule has 0 unspecified atom stereocenters. The molecule has 0 radical (unpaired) electrons. The Balaban J connectivity index is 0.000000120. The van der Waals surface area contributed by atoms with Crippen molar-refractivity contribution in [2.24, 2.45) is 5.16 Å². The van der Waals surface area contributed by atoms with E-state index in [4.69, 9.17) is 0 Å². The molecule has 0 spiro atoms. The van der Waals surface area contributed by atoms with E-state index in [1.54, 1.807) is 0 Å². The molecule has 1 saturated carbocycles. The molecule has 68 valence electrons. The molecule has 2 rings (SSSR count). The van der Waals surface area contributed by atoms with E-state index >= 15 is 0 Å². The number of rotatable bonds is 0. The first kappa shape index (κ1) is 9.10. The Morgan fingerprint density at radius 2 is 1.42 bits per heavy atom. The normalized spacial score (nSPS) is 20.0. The van der Waals surface area contributed by atoms with Gasteiger partial charge in [0.1, 0.15) is 6.26 Å². The van der Waals surface area contributed by atoms with E-state index in [1.807, 2.05) is 0 Å². The predicted octanol–water partition coefficient (Wildman–Crippen LogP) is 2.79. The second-order valence-corrected chi connectivity index (χ2v) is 2.85.